The lowest BCUT2D eigenvalue weighted by Crippen LogP contribution is -1.97. The number of rotatable bonds is 6. The van der Waals surface area contributed by atoms with Crippen molar-refractivity contribution in [1.82, 2.24) is 19.8 Å². The normalized spacial score (nSPS) is 11.1. The first-order valence-corrected chi connectivity index (χ1v) is 8.68. The quantitative estimate of drug-likeness (QED) is 0.699. The molecular weight excluding hydrogens is 304 g/mol. The SMILES string of the molecule is CCSCc1nnc2sc(Cc3ccccc3OC)nn12. The van der Waals surface area contributed by atoms with Gasteiger partial charge in [-0.05, 0) is 11.8 Å². The molecule has 2 heterocycles. The van der Waals surface area contributed by atoms with Gasteiger partial charge in [-0.1, -0.05) is 36.5 Å². The Hall–Kier alpha value is -1.60. The van der Waals surface area contributed by atoms with E-state index < -0.39 is 0 Å². The van der Waals surface area contributed by atoms with Crippen LogP contribution >= 0.6 is 23.1 Å². The van der Waals surface area contributed by atoms with Crippen LogP contribution in [0.5, 0.6) is 5.75 Å². The molecule has 0 N–H and O–H groups in total. The van der Waals surface area contributed by atoms with Gasteiger partial charge in [0.25, 0.3) is 0 Å². The summed E-state index contributed by atoms with van der Waals surface area (Å²) in [5.41, 5.74) is 1.13. The average Bonchev–Trinajstić information content (AvgIpc) is 3.06. The van der Waals surface area contributed by atoms with Gasteiger partial charge in [-0.25, -0.2) is 0 Å². The maximum Gasteiger partial charge on any atom is 0.234 e. The molecule has 0 aliphatic carbocycles. The molecule has 0 saturated heterocycles. The third-order valence-corrected chi connectivity index (χ3v) is 4.84. The van der Waals surface area contributed by atoms with Gasteiger partial charge in [-0.15, -0.1) is 10.2 Å². The van der Waals surface area contributed by atoms with Crippen LogP contribution in [0.1, 0.15) is 23.3 Å². The van der Waals surface area contributed by atoms with Crippen molar-refractivity contribution in [2.75, 3.05) is 12.9 Å². The summed E-state index contributed by atoms with van der Waals surface area (Å²) in [5.74, 6) is 3.72. The maximum atomic E-state index is 5.39. The summed E-state index contributed by atoms with van der Waals surface area (Å²) in [7, 11) is 1.69. The molecule has 0 atom stereocenters. The van der Waals surface area contributed by atoms with Crippen molar-refractivity contribution in [3.05, 3.63) is 40.7 Å². The van der Waals surface area contributed by atoms with Gasteiger partial charge < -0.3 is 4.74 Å². The predicted octanol–water partition coefficient (Wildman–Crippen LogP) is 3.04. The molecule has 0 aliphatic heterocycles. The highest BCUT2D eigenvalue weighted by Gasteiger charge is 2.13. The lowest BCUT2D eigenvalue weighted by molar-refractivity contribution is 0.410. The number of fused-ring (bicyclic) bond motifs is 1. The number of para-hydroxylation sites is 1. The van der Waals surface area contributed by atoms with Crippen molar-refractivity contribution in [2.24, 2.45) is 0 Å². The van der Waals surface area contributed by atoms with Gasteiger partial charge in [0.1, 0.15) is 10.8 Å². The lowest BCUT2D eigenvalue weighted by Gasteiger charge is -2.05. The number of hydrogen-bond acceptors (Lipinski definition) is 6. The Bertz CT molecular complexity index is 737. The molecule has 3 rings (SSSR count). The van der Waals surface area contributed by atoms with Crippen molar-refractivity contribution in [3.63, 3.8) is 0 Å². The lowest BCUT2D eigenvalue weighted by atomic mass is 10.1. The first kappa shape index (κ1) is 14.3. The molecule has 0 unspecified atom stereocenters. The molecule has 0 fully saturated rings. The number of hydrogen-bond donors (Lipinski definition) is 0. The molecule has 0 saturated carbocycles. The summed E-state index contributed by atoms with van der Waals surface area (Å²) in [5, 5.41) is 14.0. The molecule has 0 bridgehead atoms. The average molecular weight is 320 g/mol. The van der Waals surface area contributed by atoms with Crippen LogP contribution < -0.4 is 4.74 Å². The van der Waals surface area contributed by atoms with Crippen LogP contribution in [0.4, 0.5) is 0 Å². The molecule has 7 heteroatoms. The third-order valence-electron chi connectivity index (χ3n) is 3.07. The summed E-state index contributed by atoms with van der Waals surface area (Å²) < 4.78 is 7.25. The molecule has 21 heavy (non-hydrogen) atoms. The minimum absolute atomic E-state index is 0.748. The van der Waals surface area contributed by atoms with Gasteiger partial charge in [0, 0.05) is 12.0 Å². The van der Waals surface area contributed by atoms with Crippen LogP contribution in [-0.4, -0.2) is 32.7 Å². The molecule has 3 aromatic rings. The smallest absolute Gasteiger partial charge is 0.234 e. The topological polar surface area (TPSA) is 52.3 Å². The molecule has 0 aliphatic rings. The Morgan fingerprint density at radius 3 is 2.95 bits per heavy atom. The second-order valence-electron chi connectivity index (χ2n) is 4.43. The van der Waals surface area contributed by atoms with E-state index >= 15 is 0 Å². The van der Waals surface area contributed by atoms with E-state index in [2.05, 4.69) is 28.3 Å². The van der Waals surface area contributed by atoms with Gasteiger partial charge in [-0.3, -0.25) is 0 Å². The van der Waals surface area contributed by atoms with Gasteiger partial charge in [0.15, 0.2) is 5.82 Å². The molecule has 1 aromatic carbocycles. The summed E-state index contributed by atoms with van der Waals surface area (Å²) >= 11 is 3.40. The minimum atomic E-state index is 0.748. The fraction of sp³-hybridized carbons (Fsp3) is 0.357. The number of thioether (sulfide) groups is 1. The summed E-state index contributed by atoms with van der Waals surface area (Å²) in [6, 6.07) is 8.02. The van der Waals surface area contributed by atoms with Crippen molar-refractivity contribution < 1.29 is 4.74 Å². The van der Waals surface area contributed by atoms with Crippen molar-refractivity contribution in [1.29, 1.82) is 0 Å². The second kappa shape index (κ2) is 6.44. The summed E-state index contributed by atoms with van der Waals surface area (Å²) in [6.45, 7) is 2.14. The van der Waals surface area contributed by atoms with Gasteiger partial charge >= 0.3 is 0 Å². The molecule has 110 valence electrons. The summed E-state index contributed by atoms with van der Waals surface area (Å²) in [4.78, 5) is 0.853. The first-order chi connectivity index (χ1) is 10.3. The highest BCUT2D eigenvalue weighted by atomic mass is 32.2. The Morgan fingerprint density at radius 2 is 2.14 bits per heavy atom. The number of aromatic nitrogens is 4. The molecule has 5 nitrogen and oxygen atoms in total. The van der Waals surface area contributed by atoms with E-state index in [1.165, 1.54) is 0 Å². The molecule has 0 radical (unpaired) electrons. The Morgan fingerprint density at radius 1 is 1.29 bits per heavy atom. The van der Waals surface area contributed by atoms with E-state index in [-0.39, 0.29) is 0 Å². The largest absolute Gasteiger partial charge is 0.496 e. The van der Waals surface area contributed by atoms with Crippen LogP contribution in [0.15, 0.2) is 24.3 Å². The van der Waals surface area contributed by atoms with Crippen LogP contribution in [0.3, 0.4) is 0 Å². The highest BCUT2D eigenvalue weighted by Crippen LogP contribution is 2.24. The van der Waals surface area contributed by atoms with E-state index in [0.717, 1.165) is 45.0 Å². The van der Waals surface area contributed by atoms with E-state index in [1.54, 1.807) is 18.4 Å². The van der Waals surface area contributed by atoms with Gasteiger partial charge in [0.05, 0.1) is 12.9 Å². The monoisotopic (exact) mass is 320 g/mol. The molecular formula is C14H16N4OS2. The number of nitrogens with zero attached hydrogens (tertiary/aromatic N) is 4. The fourth-order valence-corrected chi connectivity index (χ4v) is 3.51. The zero-order valence-electron chi connectivity index (χ0n) is 11.9. The van der Waals surface area contributed by atoms with Crippen LogP contribution in [0.25, 0.3) is 4.96 Å². The molecule has 2 aromatic heterocycles. The number of benzene rings is 1. The Labute approximate surface area is 131 Å². The van der Waals surface area contributed by atoms with Gasteiger partial charge in [0.2, 0.25) is 4.96 Å². The van der Waals surface area contributed by atoms with Crippen LogP contribution in [0, 0.1) is 0 Å². The zero-order valence-corrected chi connectivity index (χ0v) is 13.6. The summed E-state index contributed by atoms with van der Waals surface area (Å²) in [6.07, 6.45) is 0.748. The zero-order chi connectivity index (χ0) is 14.7. The van der Waals surface area contributed by atoms with E-state index in [1.807, 2.05) is 34.5 Å². The standard InChI is InChI=1S/C14H16N4OS2/c1-3-20-9-12-15-16-14-18(12)17-13(21-14)8-10-6-4-5-7-11(10)19-2/h4-7H,3,8-9H2,1-2H3. The maximum absolute atomic E-state index is 5.39. The predicted molar refractivity (Wildman–Crippen MR) is 86.3 cm³/mol. The second-order valence-corrected chi connectivity index (χ2v) is 6.75. The first-order valence-electron chi connectivity index (χ1n) is 6.71. The fourth-order valence-electron chi connectivity index (χ4n) is 2.06. The Balaban J connectivity index is 1.86. The van der Waals surface area contributed by atoms with Crippen LogP contribution in [-0.2, 0) is 12.2 Å². The third kappa shape index (κ3) is 3.03. The van der Waals surface area contributed by atoms with Crippen LogP contribution in [0.2, 0.25) is 0 Å². The van der Waals surface area contributed by atoms with Crippen molar-refractivity contribution in [3.8, 4) is 5.75 Å². The van der Waals surface area contributed by atoms with Crippen molar-refractivity contribution >= 4 is 28.1 Å². The van der Waals surface area contributed by atoms with E-state index in [0.29, 0.717) is 0 Å². The van der Waals surface area contributed by atoms with E-state index in [9.17, 15) is 0 Å². The Kier molecular flexibility index (Phi) is 4.40. The molecule has 0 amide bonds. The van der Waals surface area contributed by atoms with E-state index in [4.69, 9.17) is 4.74 Å². The number of methoxy groups -OCH3 is 1. The highest BCUT2D eigenvalue weighted by molar-refractivity contribution is 7.98. The number of ether oxygens (including phenoxy) is 1. The minimum Gasteiger partial charge on any atom is -0.496 e. The van der Waals surface area contributed by atoms with Gasteiger partial charge in [-0.2, -0.15) is 21.4 Å². The van der Waals surface area contributed by atoms with Crippen molar-refractivity contribution in [2.45, 2.75) is 19.1 Å². The molecule has 0 spiro atoms.